The zero-order valence-corrected chi connectivity index (χ0v) is 22.4. The Kier molecular flexibility index (Phi) is 7.19. The van der Waals surface area contributed by atoms with Crippen LogP contribution in [0.3, 0.4) is 0 Å². The van der Waals surface area contributed by atoms with Crippen LogP contribution in [0.4, 0.5) is 17.6 Å². The molecule has 0 saturated carbocycles. The van der Waals surface area contributed by atoms with Crippen LogP contribution in [-0.4, -0.2) is 60.9 Å². The molecular weight excluding hydrogens is 480 g/mol. The molecule has 0 bridgehead atoms. The molecule has 1 unspecified atom stereocenters. The lowest BCUT2D eigenvalue weighted by Gasteiger charge is -2.38. The summed E-state index contributed by atoms with van der Waals surface area (Å²) in [7, 11) is 0. The topological polar surface area (TPSA) is 144 Å². The van der Waals surface area contributed by atoms with E-state index in [2.05, 4.69) is 92.8 Å². The molecule has 38 heavy (non-hydrogen) atoms. The van der Waals surface area contributed by atoms with Gasteiger partial charge in [-0.3, -0.25) is 0 Å². The summed E-state index contributed by atoms with van der Waals surface area (Å²) in [5.41, 5.74) is 10.9. The molecule has 1 aromatic carbocycles. The molecule has 3 atom stereocenters. The van der Waals surface area contributed by atoms with Crippen molar-refractivity contribution in [1.82, 2.24) is 35.6 Å². The number of nitrogen functional groups attached to an aromatic ring is 1. The zero-order valence-electron chi connectivity index (χ0n) is 22.4. The standard InChI is InChI=1S/C27H34N10O/c1-6-22(30-25-20(18(5)29-27(28)32-25)10-11-23-33-35-36-34-23)21-12-19-9-7-8-15(2)24(19)31-26(21)37-13-16(3)38-17(4)14-37/h7-12,16-17,22H,6,13-14H2,1-5H3,(H3,28,29,30,32)(H,33,34,35,36)/t16-,17+,22?. The van der Waals surface area contributed by atoms with E-state index in [1.165, 1.54) is 0 Å². The molecule has 0 radical (unpaired) electrons. The summed E-state index contributed by atoms with van der Waals surface area (Å²) >= 11 is 0. The number of H-pyrrole nitrogens is 1. The first-order chi connectivity index (χ1) is 18.3. The lowest BCUT2D eigenvalue weighted by atomic mass is 10.00. The Balaban J connectivity index is 1.59. The van der Waals surface area contributed by atoms with Crippen molar-refractivity contribution in [2.75, 3.05) is 29.0 Å². The fraction of sp³-hybridized carbons (Fsp3) is 0.407. The highest BCUT2D eigenvalue weighted by Crippen LogP contribution is 2.35. The van der Waals surface area contributed by atoms with Gasteiger partial charge in [-0.1, -0.05) is 25.1 Å². The first kappa shape index (κ1) is 25.5. The van der Waals surface area contributed by atoms with Gasteiger partial charge in [0.1, 0.15) is 11.6 Å². The monoisotopic (exact) mass is 514 g/mol. The average molecular weight is 515 g/mol. The molecule has 1 aliphatic heterocycles. The number of morpholine rings is 1. The number of rotatable bonds is 7. The number of aromatic amines is 1. The van der Waals surface area contributed by atoms with Gasteiger partial charge in [0.15, 0.2) is 5.82 Å². The molecule has 0 amide bonds. The molecular formula is C27H34N10O. The van der Waals surface area contributed by atoms with E-state index in [0.29, 0.717) is 11.6 Å². The molecule has 0 aliphatic carbocycles. The Morgan fingerprint density at radius 2 is 1.95 bits per heavy atom. The number of fused-ring (bicyclic) bond motifs is 1. The van der Waals surface area contributed by atoms with Crippen LogP contribution in [0.1, 0.15) is 61.4 Å². The van der Waals surface area contributed by atoms with E-state index in [1.54, 1.807) is 6.08 Å². The molecule has 1 fully saturated rings. The number of aromatic nitrogens is 7. The average Bonchev–Trinajstić information content (AvgIpc) is 3.39. The van der Waals surface area contributed by atoms with E-state index >= 15 is 0 Å². The number of benzene rings is 1. The third-order valence-corrected chi connectivity index (χ3v) is 6.79. The number of nitrogens with one attached hydrogen (secondary N) is 2. The molecule has 198 valence electrons. The van der Waals surface area contributed by atoms with E-state index in [0.717, 1.165) is 58.6 Å². The first-order valence-corrected chi connectivity index (χ1v) is 13.0. The van der Waals surface area contributed by atoms with Crippen molar-refractivity contribution >= 4 is 40.6 Å². The number of anilines is 3. The third-order valence-electron chi connectivity index (χ3n) is 6.79. The highest BCUT2D eigenvalue weighted by atomic mass is 16.5. The van der Waals surface area contributed by atoms with Gasteiger partial charge in [0, 0.05) is 29.6 Å². The Labute approximate surface area is 221 Å². The SMILES string of the molecule is CCC(Nc1nc(N)nc(C)c1C=Cc1nnn[nH]1)c1cc2cccc(C)c2nc1N1C[C@@H](C)O[C@@H](C)C1. The van der Waals surface area contributed by atoms with Crippen LogP contribution < -0.4 is 16.0 Å². The number of tetrazole rings is 1. The van der Waals surface area contributed by atoms with Gasteiger partial charge in [-0.05, 0) is 68.3 Å². The number of hydrogen-bond acceptors (Lipinski definition) is 10. The summed E-state index contributed by atoms with van der Waals surface area (Å²) in [6.45, 7) is 11.9. The summed E-state index contributed by atoms with van der Waals surface area (Å²) in [5, 5.41) is 18.7. The summed E-state index contributed by atoms with van der Waals surface area (Å²) in [4.78, 5) is 16.5. The molecule has 0 spiro atoms. The summed E-state index contributed by atoms with van der Waals surface area (Å²) in [6.07, 6.45) is 4.71. The second kappa shape index (κ2) is 10.7. The largest absolute Gasteiger partial charge is 0.372 e. The molecule has 11 heteroatoms. The lowest BCUT2D eigenvalue weighted by molar-refractivity contribution is -0.00550. The molecule has 4 aromatic rings. The van der Waals surface area contributed by atoms with Gasteiger partial charge in [-0.2, -0.15) is 4.98 Å². The van der Waals surface area contributed by atoms with Crippen LogP contribution in [-0.2, 0) is 4.74 Å². The Hall–Kier alpha value is -4.12. The first-order valence-electron chi connectivity index (χ1n) is 13.0. The van der Waals surface area contributed by atoms with Crippen LogP contribution in [0.2, 0.25) is 0 Å². The maximum atomic E-state index is 6.08. The summed E-state index contributed by atoms with van der Waals surface area (Å²) < 4.78 is 6.03. The third kappa shape index (κ3) is 5.28. The number of hydrogen-bond donors (Lipinski definition) is 3. The molecule has 11 nitrogen and oxygen atoms in total. The smallest absolute Gasteiger partial charge is 0.222 e. The minimum atomic E-state index is -0.0799. The van der Waals surface area contributed by atoms with Crippen LogP contribution >= 0.6 is 0 Å². The quantitative estimate of drug-likeness (QED) is 0.330. The van der Waals surface area contributed by atoms with Gasteiger partial charge < -0.3 is 20.7 Å². The maximum Gasteiger partial charge on any atom is 0.222 e. The van der Waals surface area contributed by atoms with Crippen molar-refractivity contribution in [3.8, 4) is 0 Å². The van der Waals surface area contributed by atoms with Crippen molar-refractivity contribution in [1.29, 1.82) is 0 Å². The molecule has 4 N–H and O–H groups in total. The highest BCUT2D eigenvalue weighted by molar-refractivity contribution is 5.85. The van der Waals surface area contributed by atoms with E-state index < -0.39 is 0 Å². The van der Waals surface area contributed by atoms with E-state index in [9.17, 15) is 0 Å². The Morgan fingerprint density at radius 1 is 1.16 bits per heavy atom. The minimum absolute atomic E-state index is 0.0799. The Morgan fingerprint density at radius 3 is 2.66 bits per heavy atom. The summed E-state index contributed by atoms with van der Waals surface area (Å²) in [6, 6.07) is 8.47. The lowest BCUT2D eigenvalue weighted by Crippen LogP contribution is -2.46. The predicted octanol–water partition coefficient (Wildman–Crippen LogP) is 4.08. The molecule has 3 aromatic heterocycles. The number of ether oxygens (including phenoxy) is 1. The second-order valence-electron chi connectivity index (χ2n) is 9.86. The maximum absolute atomic E-state index is 6.08. The van der Waals surface area contributed by atoms with Crippen molar-refractivity contribution in [3.05, 3.63) is 52.5 Å². The van der Waals surface area contributed by atoms with Crippen molar-refractivity contribution in [2.45, 2.75) is 59.3 Å². The molecule has 1 aliphatic rings. The van der Waals surface area contributed by atoms with Gasteiger partial charge in [-0.15, -0.1) is 5.10 Å². The van der Waals surface area contributed by atoms with Gasteiger partial charge in [0.25, 0.3) is 0 Å². The van der Waals surface area contributed by atoms with E-state index in [4.69, 9.17) is 15.5 Å². The number of nitrogens with zero attached hydrogens (tertiary/aromatic N) is 7. The van der Waals surface area contributed by atoms with Crippen LogP contribution in [0.5, 0.6) is 0 Å². The fourth-order valence-corrected chi connectivity index (χ4v) is 5.09. The van der Waals surface area contributed by atoms with Crippen molar-refractivity contribution < 1.29 is 4.74 Å². The second-order valence-corrected chi connectivity index (χ2v) is 9.86. The molecule has 4 heterocycles. The Bertz CT molecular complexity index is 1440. The van der Waals surface area contributed by atoms with E-state index in [-0.39, 0.29) is 24.2 Å². The number of aryl methyl sites for hydroxylation is 2. The number of para-hydroxylation sites is 1. The van der Waals surface area contributed by atoms with Gasteiger partial charge >= 0.3 is 0 Å². The fourth-order valence-electron chi connectivity index (χ4n) is 5.09. The predicted molar refractivity (Wildman–Crippen MR) is 150 cm³/mol. The normalized spacial score (nSPS) is 18.8. The van der Waals surface area contributed by atoms with Gasteiger partial charge in [0.2, 0.25) is 5.95 Å². The van der Waals surface area contributed by atoms with E-state index in [1.807, 2.05) is 13.0 Å². The zero-order chi connectivity index (χ0) is 26.8. The molecule has 5 rings (SSSR count). The highest BCUT2D eigenvalue weighted by Gasteiger charge is 2.28. The molecule has 1 saturated heterocycles. The number of pyridine rings is 1. The summed E-state index contributed by atoms with van der Waals surface area (Å²) in [5.74, 6) is 2.36. The minimum Gasteiger partial charge on any atom is -0.372 e. The number of nitrogens with two attached hydrogens (primary N) is 1. The van der Waals surface area contributed by atoms with Crippen molar-refractivity contribution in [3.63, 3.8) is 0 Å². The van der Waals surface area contributed by atoms with Crippen LogP contribution in [0.25, 0.3) is 23.1 Å². The van der Waals surface area contributed by atoms with Gasteiger partial charge in [0.05, 0.1) is 29.5 Å². The van der Waals surface area contributed by atoms with Crippen LogP contribution in [0.15, 0.2) is 24.3 Å². The van der Waals surface area contributed by atoms with Crippen molar-refractivity contribution in [2.24, 2.45) is 0 Å². The van der Waals surface area contributed by atoms with Crippen LogP contribution in [0, 0.1) is 13.8 Å². The van der Waals surface area contributed by atoms with Gasteiger partial charge in [-0.25, -0.2) is 15.1 Å².